The minimum Gasteiger partial charge on any atom is -0.288 e. The molecule has 0 aliphatic carbocycles. The number of aryl methyl sites for hydroxylation is 3. The van der Waals surface area contributed by atoms with Crippen LogP contribution in [0.25, 0.3) is 6.08 Å². The van der Waals surface area contributed by atoms with E-state index < -0.39 is 0 Å². The van der Waals surface area contributed by atoms with Crippen molar-refractivity contribution >= 4 is 11.9 Å². The molecule has 0 spiro atoms. The highest BCUT2D eigenvalue weighted by atomic mass is 16.1. The lowest BCUT2D eigenvalue weighted by molar-refractivity contribution is 0.104. The minimum absolute atomic E-state index is 0.163. The molecule has 0 saturated carbocycles. The van der Waals surface area contributed by atoms with E-state index in [1.54, 1.807) is 30.3 Å². The van der Waals surface area contributed by atoms with Crippen molar-refractivity contribution in [2.45, 2.75) is 20.8 Å². The van der Waals surface area contributed by atoms with E-state index in [0.29, 0.717) is 5.56 Å². The van der Waals surface area contributed by atoms with E-state index in [1.807, 2.05) is 32.9 Å². The molecule has 104 valence electrons. The highest BCUT2D eigenvalue weighted by Gasteiger charge is 2.13. The third-order valence-corrected chi connectivity index (χ3v) is 3.43. The normalized spacial score (nSPS) is 11.0. The molecule has 0 aromatic heterocycles. The van der Waals surface area contributed by atoms with Crippen LogP contribution < -0.4 is 0 Å². The lowest BCUT2D eigenvalue weighted by atomic mass is 9.95. The number of ketones is 1. The highest BCUT2D eigenvalue weighted by Crippen LogP contribution is 2.20. The number of rotatable bonds is 3. The van der Waals surface area contributed by atoms with Crippen LogP contribution in [-0.2, 0) is 0 Å². The SMILES string of the molecule is Cc1cc(C)c(/C=C(\C#N)C(=O)c2ccccc2)c(C)c1. The van der Waals surface area contributed by atoms with Crippen molar-refractivity contribution < 1.29 is 4.79 Å². The van der Waals surface area contributed by atoms with Crippen LogP contribution in [0.1, 0.15) is 32.6 Å². The van der Waals surface area contributed by atoms with E-state index in [4.69, 9.17) is 0 Å². The lowest BCUT2D eigenvalue weighted by Gasteiger charge is -2.08. The van der Waals surface area contributed by atoms with E-state index >= 15 is 0 Å². The van der Waals surface area contributed by atoms with Gasteiger partial charge in [0.15, 0.2) is 0 Å². The maximum absolute atomic E-state index is 12.4. The van der Waals surface area contributed by atoms with Crippen LogP contribution >= 0.6 is 0 Å². The molecule has 0 atom stereocenters. The quantitative estimate of drug-likeness (QED) is 0.473. The van der Waals surface area contributed by atoms with Gasteiger partial charge in [0, 0.05) is 5.56 Å². The summed E-state index contributed by atoms with van der Waals surface area (Å²) in [5, 5.41) is 9.32. The summed E-state index contributed by atoms with van der Waals surface area (Å²) in [5.41, 5.74) is 4.96. The minimum atomic E-state index is -0.238. The average molecular weight is 275 g/mol. The third kappa shape index (κ3) is 3.27. The lowest BCUT2D eigenvalue weighted by Crippen LogP contribution is -2.02. The predicted molar refractivity (Wildman–Crippen MR) is 85.0 cm³/mol. The Kier molecular flexibility index (Phi) is 4.35. The summed E-state index contributed by atoms with van der Waals surface area (Å²) in [7, 11) is 0. The summed E-state index contributed by atoms with van der Waals surface area (Å²) in [6.07, 6.45) is 1.69. The maximum atomic E-state index is 12.4. The summed E-state index contributed by atoms with van der Waals surface area (Å²) < 4.78 is 0. The highest BCUT2D eigenvalue weighted by molar-refractivity contribution is 6.14. The van der Waals surface area contributed by atoms with Gasteiger partial charge in [-0.3, -0.25) is 4.79 Å². The van der Waals surface area contributed by atoms with Crippen molar-refractivity contribution in [1.82, 2.24) is 0 Å². The first-order valence-electron chi connectivity index (χ1n) is 6.82. The number of Topliss-reactive ketones (excluding diaryl/α,β-unsaturated/α-hetero) is 1. The molecule has 0 saturated heterocycles. The Morgan fingerprint density at radius 1 is 1.05 bits per heavy atom. The summed E-state index contributed by atoms with van der Waals surface area (Å²) in [5.74, 6) is -0.238. The Labute approximate surface area is 125 Å². The van der Waals surface area contributed by atoms with E-state index in [9.17, 15) is 10.1 Å². The van der Waals surface area contributed by atoms with Crippen molar-refractivity contribution in [1.29, 1.82) is 5.26 Å². The van der Waals surface area contributed by atoms with Gasteiger partial charge in [-0.1, -0.05) is 48.0 Å². The summed E-state index contributed by atoms with van der Waals surface area (Å²) >= 11 is 0. The Balaban J connectivity index is 2.48. The van der Waals surface area contributed by atoms with Crippen LogP contribution in [-0.4, -0.2) is 5.78 Å². The van der Waals surface area contributed by atoms with Crippen LogP contribution in [0.3, 0.4) is 0 Å². The van der Waals surface area contributed by atoms with Gasteiger partial charge in [-0.05, 0) is 43.5 Å². The standard InChI is InChI=1S/C19H17NO/c1-13-9-14(2)18(15(3)10-13)11-17(12-20)19(21)16-7-5-4-6-8-16/h4-11H,1-3H3/b17-11+. The summed E-state index contributed by atoms with van der Waals surface area (Å²) in [6.45, 7) is 6.02. The molecule has 0 aliphatic rings. The Morgan fingerprint density at radius 3 is 2.14 bits per heavy atom. The average Bonchev–Trinajstić information content (AvgIpc) is 2.47. The largest absolute Gasteiger partial charge is 0.288 e. The number of benzene rings is 2. The third-order valence-electron chi connectivity index (χ3n) is 3.43. The van der Waals surface area contributed by atoms with Gasteiger partial charge in [-0.15, -0.1) is 0 Å². The number of carbonyl (C=O) groups is 1. The van der Waals surface area contributed by atoms with Gasteiger partial charge < -0.3 is 0 Å². The van der Waals surface area contributed by atoms with Crippen molar-refractivity contribution in [3.63, 3.8) is 0 Å². The molecule has 2 rings (SSSR count). The molecule has 0 unspecified atom stereocenters. The maximum Gasteiger partial charge on any atom is 0.203 e. The first-order chi connectivity index (χ1) is 10.0. The Bertz CT molecular complexity index is 726. The van der Waals surface area contributed by atoms with Gasteiger partial charge in [0.2, 0.25) is 5.78 Å². The van der Waals surface area contributed by atoms with Crippen molar-refractivity contribution in [2.24, 2.45) is 0 Å². The summed E-state index contributed by atoms with van der Waals surface area (Å²) in [4.78, 5) is 12.4. The molecule has 0 amide bonds. The van der Waals surface area contributed by atoms with Crippen molar-refractivity contribution in [3.8, 4) is 6.07 Å². The first-order valence-corrected chi connectivity index (χ1v) is 6.82. The molecule has 0 radical (unpaired) electrons. The first kappa shape index (κ1) is 14.7. The number of allylic oxidation sites excluding steroid dienone is 1. The van der Waals surface area contributed by atoms with Gasteiger partial charge in [0.05, 0.1) is 0 Å². The fourth-order valence-electron chi connectivity index (χ4n) is 2.46. The fourth-order valence-corrected chi connectivity index (χ4v) is 2.46. The molecule has 21 heavy (non-hydrogen) atoms. The van der Waals surface area contributed by atoms with E-state index in [0.717, 1.165) is 16.7 Å². The van der Waals surface area contributed by atoms with E-state index in [-0.39, 0.29) is 11.4 Å². The molecule has 0 bridgehead atoms. The number of hydrogen-bond acceptors (Lipinski definition) is 2. The molecular weight excluding hydrogens is 258 g/mol. The second kappa shape index (κ2) is 6.19. The van der Waals surface area contributed by atoms with Gasteiger partial charge in [-0.25, -0.2) is 0 Å². The number of hydrogen-bond donors (Lipinski definition) is 0. The summed E-state index contributed by atoms with van der Waals surface area (Å²) in [6, 6.07) is 15.0. The zero-order valence-corrected chi connectivity index (χ0v) is 12.5. The van der Waals surface area contributed by atoms with E-state index in [2.05, 4.69) is 12.1 Å². The molecule has 0 fully saturated rings. The molecule has 0 aliphatic heterocycles. The molecule has 0 heterocycles. The smallest absolute Gasteiger partial charge is 0.203 e. The molecule has 2 aromatic carbocycles. The van der Waals surface area contributed by atoms with E-state index in [1.165, 1.54) is 5.56 Å². The number of nitrogens with zero attached hydrogens (tertiary/aromatic N) is 1. The molecule has 2 nitrogen and oxygen atoms in total. The van der Waals surface area contributed by atoms with Gasteiger partial charge in [-0.2, -0.15) is 5.26 Å². The van der Waals surface area contributed by atoms with Crippen molar-refractivity contribution in [3.05, 3.63) is 75.9 Å². The van der Waals surface area contributed by atoms with Gasteiger partial charge >= 0.3 is 0 Å². The predicted octanol–water partition coefficient (Wildman–Crippen LogP) is 4.40. The van der Waals surface area contributed by atoms with Crippen molar-refractivity contribution in [2.75, 3.05) is 0 Å². The second-order valence-corrected chi connectivity index (χ2v) is 5.18. The Hall–Kier alpha value is -2.66. The van der Waals surface area contributed by atoms with Crippen LogP contribution in [0.15, 0.2) is 48.0 Å². The van der Waals surface area contributed by atoms with Gasteiger partial charge in [0.1, 0.15) is 11.6 Å². The van der Waals surface area contributed by atoms with Gasteiger partial charge in [0.25, 0.3) is 0 Å². The monoisotopic (exact) mass is 275 g/mol. The van der Waals surface area contributed by atoms with Crippen LogP contribution in [0.4, 0.5) is 0 Å². The van der Waals surface area contributed by atoms with Crippen LogP contribution in [0.2, 0.25) is 0 Å². The topological polar surface area (TPSA) is 40.9 Å². The van der Waals surface area contributed by atoms with Crippen LogP contribution in [0.5, 0.6) is 0 Å². The second-order valence-electron chi connectivity index (χ2n) is 5.18. The molecule has 2 aromatic rings. The Morgan fingerprint density at radius 2 is 1.62 bits per heavy atom. The zero-order valence-electron chi connectivity index (χ0n) is 12.5. The zero-order chi connectivity index (χ0) is 15.4. The van der Waals surface area contributed by atoms with Crippen LogP contribution in [0, 0.1) is 32.1 Å². The fraction of sp³-hybridized carbons (Fsp3) is 0.158. The molecular formula is C19H17NO. The number of carbonyl (C=O) groups excluding carboxylic acids is 1. The molecule has 0 N–H and O–H groups in total. The molecule has 2 heteroatoms. The number of nitriles is 1.